The van der Waals surface area contributed by atoms with Crippen molar-refractivity contribution in [2.24, 2.45) is 5.14 Å². The summed E-state index contributed by atoms with van der Waals surface area (Å²) in [6, 6.07) is 0. The Kier molecular flexibility index (Phi) is 212. The van der Waals surface area contributed by atoms with Crippen LogP contribution < -0.4 is 5.14 Å². The van der Waals surface area contributed by atoms with Gasteiger partial charge in [-0.25, -0.2) is 0 Å². The van der Waals surface area contributed by atoms with E-state index in [0.717, 1.165) is 0 Å². The van der Waals surface area contributed by atoms with E-state index >= 15 is 0 Å². The van der Waals surface area contributed by atoms with E-state index in [2.05, 4.69) is 18.0 Å². The lowest BCUT2D eigenvalue weighted by Crippen LogP contribution is -1.49. The average molecular weight is 122 g/mol. The first-order valence-corrected chi connectivity index (χ1v) is 0.775. The van der Waals surface area contributed by atoms with Gasteiger partial charge in [0.05, 0.1) is 0 Å². The molecule has 0 atom stereocenters. The van der Waals surface area contributed by atoms with Gasteiger partial charge in [-0.05, 0) is 0 Å². The third kappa shape index (κ3) is 13.0. The van der Waals surface area contributed by atoms with Crippen LogP contribution in [0, 0.1) is 0 Å². The fourth-order valence-electron chi connectivity index (χ4n) is 0. The molecule has 4 heavy (non-hydrogen) atoms. The summed E-state index contributed by atoms with van der Waals surface area (Å²) < 4.78 is 0. The van der Waals surface area contributed by atoms with Crippen molar-refractivity contribution >= 4 is 37.6 Å². The first-order chi connectivity index (χ1) is 1.00. The molecule has 4 heteroatoms. The molecule has 0 heterocycles. The van der Waals surface area contributed by atoms with Crippen LogP contribution in [0.1, 0.15) is 0 Å². The Morgan fingerprint density at radius 1 is 1.00 bits per heavy atom. The van der Waals surface area contributed by atoms with Gasteiger partial charge in [-0.3, -0.25) is 5.14 Å². The van der Waals surface area contributed by atoms with Crippen LogP contribution in [0.2, 0.25) is 0 Å². The highest BCUT2D eigenvalue weighted by atomic mass is 35.5. The molecule has 0 aliphatic carbocycles. The molecule has 0 radical (unpaired) electrons. The van der Waals surface area contributed by atoms with Gasteiger partial charge in [-0.15, -0.1) is 37.6 Å². The molecule has 0 aromatic heterocycles. The van der Waals surface area contributed by atoms with Gasteiger partial charge in [0.1, 0.15) is 0 Å². The number of hydrogen-bond acceptors (Lipinski definition) is 2. The van der Waals surface area contributed by atoms with Gasteiger partial charge >= 0.3 is 0 Å². The van der Waals surface area contributed by atoms with Crippen LogP contribution in [0.4, 0.5) is 0 Å². The predicted octanol–water partition coefficient (Wildman–Crippen LogP) is 0.633. The molecule has 0 unspecified atom stereocenters. The van der Waals surface area contributed by atoms with Crippen molar-refractivity contribution < 1.29 is 0 Å². The molecule has 0 saturated heterocycles. The maximum atomic E-state index is 4.19. The quantitative estimate of drug-likeness (QED) is 0.453. The Labute approximate surface area is 43.3 Å². The zero-order chi connectivity index (χ0) is 2.00. The van der Waals surface area contributed by atoms with E-state index < -0.39 is 0 Å². The molecule has 0 spiro atoms. The van der Waals surface area contributed by atoms with Crippen LogP contribution in [0.15, 0.2) is 0 Å². The molecule has 30 valence electrons. The molecule has 0 bridgehead atoms. The minimum atomic E-state index is 0. The number of nitrogens with two attached hydrogens (primary N) is 1. The molecule has 1 nitrogen and oxygen atoms in total. The maximum Gasteiger partial charge on any atom is -0.103 e. The predicted molar refractivity (Wildman–Crippen MR) is 27.7 cm³/mol. The summed E-state index contributed by atoms with van der Waals surface area (Å²) in [6.45, 7) is 0. The molecule has 0 aromatic rings. The third-order valence-electron chi connectivity index (χ3n) is 0. The summed E-state index contributed by atoms with van der Waals surface area (Å²) in [5.74, 6) is 0. The summed E-state index contributed by atoms with van der Waals surface area (Å²) in [5.41, 5.74) is 0. The van der Waals surface area contributed by atoms with Gasteiger partial charge < -0.3 is 0 Å². The van der Waals surface area contributed by atoms with Gasteiger partial charge in [-0.1, -0.05) is 0 Å². The van der Waals surface area contributed by atoms with Crippen LogP contribution in [-0.2, 0) is 0 Å². The van der Waals surface area contributed by atoms with Crippen molar-refractivity contribution in [3.05, 3.63) is 0 Å². The molecule has 0 aliphatic heterocycles. The minimum absolute atomic E-state index is 0. The molecular weight excluding hydrogens is 117 g/mol. The van der Waals surface area contributed by atoms with Crippen molar-refractivity contribution in [2.75, 3.05) is 0 Å². The normalized spacial score (nSPS) is 1.50. The molecule has 0 aromatic carbocycles. The summed E-state index contributed by atoms with van der Waals surface area (Å²) in [5, 5.41) is 4.19. The fraction of sp³-hybridized carbons (Fsp3) is 0. The Hall–Kier alpha value is 0.890. The summed E-state index contributed by atoms with van der Waals surface area (Å²) >= 11 is 3.03. The number of hydrogen-bond donors (Lipinski definition) is 2. The number of thiol groups is 1. The lowest BCUT2D eigenvalue weighted by atomic mass is 14.0. The van der Waals surface area contributed by atoms with Gasteiger partial charge in [-0.2, -0.15) is 0 Å². The van der Waals surface area contributed by atoms with Gasteiger partial charge in [0.25, 0.3) is 0 Å². The Morgan fingerprint density at radius 3 is 1.00 bits per heavy atom. The first kappa shape index (κ1) is 20.7. The van der Waals surface area contributed by atoms with Crippen LogP contribution in [0.3, 0.4) is 0 Å². The van der Waals surface area contributed by atoms with E-state index in [-0.39, 0.29) is 24.8 Å². The highest BCUT2D eigenvalue weighted by molar-refractivity contribution is 7.77. The largest absolute Gasteiger partial charge is 0.281 e. The lowest BCUT2D eigenvalue weighted by Gasteiger charge is -1.20. The zero-order valence-corrected chi connectivity index (χ0v) is 4.37. The standard InChI is InChI=1S/2ClH.H3NS/c;;1-2/h2*1H;2H,1H2. The summed E-state index contributed by atoms with van der Waals surface area (Å²) in [6.07, 6.45) is 0. The second-order valence-corrected chi connectivity index (χ2v) is 0. The van der Waals surface area contributed by atoms with Crippen molar-refractivity contribution in [1.29, 1.82) is 0 Å². The number of rotatable bonds is 0. The Bertz CT molecular complexity index is 6.00. The van der Waals surface area contributed by atoms with Crippen molar-refractivity contribution in [3.63, 3.8) is 0 Å². The zero-order valence-electron chi connectivity index (χ0n) is 1.84. The van der Waals surface area contributed by atoms with Crippen molar-refractivity contribution in [2.45, 2.75) is 0 Å². The summed E-state index contributed by atoms with van der Waals surface area (Å²) in [7, 11) is 0. The van der Waals surface area contributed by atoms with E-state index in [1.54, 1.807) is 0 Å². The molecule has 0 fully saturated rings. The van der Waals surface area contributed by atoms with Crippen LogP contribution in [0.5, 0.6) is 0 Å². The first-order valence-electron chi connectivity index (χ1n) is 0.258. The van der Waals surface area contributed by atoms with Gasteiger partial charge in [0.2, 0.25) is 0 Å². The minimum Gasteiger partial charge on any atom is -0.281 e. The van der Waals surface area contributed by atoms with E-state index in [4.69, 9.17) is 0 Å². The maximum absolute atomic E-state index is 4.19. The van der Waals surface area contributed by atoms with Crippen molar-refractivity contribution in [1.82, 2.24) is 0 Å². The van der Waals surface area contributed by atoms with Gasteiger partial charge in [0.15, 0.2) is 0 Å². The Morgan fingerprint density at radius 2 is 1.00 bits per heavy atom. The Balaban J connectivity index is -0.00000000500. The monoisotopic (exact) mass is 121 g/mol. The topological polar surface area (TPSA) is 26.0 Å². The molecule has 0 rings (SSSR count). The summed E-state index contributed by atoms with van der Waals surface area (Å²) in [4.78, 5) is 0. The highest BCUT2D eigenvalue weighted by Crippen LogP contribution is 1.12. The molecule has 0 aliphatic rings. The lowest BCUT2D eigenvalue weighted by molar-refractivity contribution is 2.08. The second-order valence-electron chi connectivity index (χ2n) is 0. The van der Waals surface area contributed by atoms with E-state index in [0.29, 0.717) is 0 Å². The SMILES string of the molecule is Cl.Cl.NS. The van der Waals surface area contributed by atoms with Crippen LogP contribution >= 0.6 is 37.6 Å². The fourth-order valence-corrected chi connectivity index (χ4v) is 0. The molecule has 0 saturated carbocycles. The van der Waals surface area contributed by atoms with E-state index in [9.17, 15) is 0 Å². The van der Waals surface area contributed by atoms with Crippen LogP contribution in [0.25, 0.3) is 0 Å². The molecule has 0 amide bonds. The van der Waals surface area contributed by atoms with E-state index in [1.807, 2.05) is 0 Å². The molecular formula is H5Cl2NS. The molecule has 2 N–H and O–H groups in total. The van der Waals surface area contributed by atoms with Crippen molar-refractivity contribution in [3.8, 4) is 0 Å². The van der Waals surface area contributed by atoms with Crippen LogP contribution in [-0.4, -0.2) is 0 Å². The van der Waals surface area contributed by atoms with E-state index in [1.165, 1.54) is 0 Å². The van der Waals surface area contributed by atoms with Gasteiger partial charge in [0, 0.05) is 0 Å². The number of halogens is 2. The third-order valence-corrected chi connectivity index (χ3v) is 0. The average Bonchev–Trinajstić information content (AvgIpc) is 1.00. The highest BCUT2D eigenvalue weighted by Gasteiger charge is 0.812. The second kappa shape index (κ2) is 41.0. The smallest absolute Gasteiger partial charge is 0.103 e.